The second-order valence-corrected chi connectivity index (χ2v) is 7.20. The molecule has 4 nitrogen and oxygen atoms in total. The number of halogens is 1. The van der Waals surface area contributed by atoms with Gasteiger partial charge in [-0.15, -0.1) is 0 Å². The van der Waals surface area contributed by atoms with Crippen molar-refractivity contribution in [1.29, 1.82) is 0 Å². The van der Waals surface area contributed by atoms with Crippen molar-refractivity contribution in [2.24, 2.45) is 10.9 Å². The molecule has 134 valence electrons. The van der Waals surface area contributed by atoms with Crippen LogP contribution in [0.5, 0.6) is 0 Å². The summed E-state index contributed by atoms with van der Waals surface area (Å²) in [5.41, 5.74) is 0.383. The van der Waals surface area contributed by atoms with Crippen molar-refractivity contribution < 1.29 is 9.13 Å². The minimum Gasteiger partial charge on any atom is -0.379 e. The molecule has 0 radical (unpaired) electrons. The first kappa shape index (κ1) is 18.7. The van der Waals surface area contributed by atoms with Crippen molar-refractivity contribution in [3.8, 4) is 0 Å². The van der Waals surface area contributed by atoms with E-state index in [0.717, 1.165) is 25.0 Å². The van der Waals surface area contributed by atoms with Crippen molar-refractivity contribution in [1.82, 2.24) is 10.2 Å². The van der Waals surface area contributed by atoms with Gasteiger partial charge in [0.1, 0.15) is 5.82 Å². The van der Waals surface area contributed by atoms with E-state index in [4.69, 9.17) is 4.74 Å². The molecule has 2 rings (SSSR count). The van der Waals surface area contributed by atoms with Crippen LogP contribution in [0.2, 0.25) is 0 Å². The van der Waals surface area contributed by atoms with Gasteiger partial charge in [0, 0.05) is 39.2 Å². The van der Waals surface area contributed by atoms with Crippen LogP contribution in [0.25, 0.3) is 0 Å². The Labute approximate surface area is 145 Å². The van der Waals surface area contributed by atoms with E-state index in [-0.39, 0.29) is 11.2 Å². The molecular weight excluding hydrogens is 305 g/mol. The highest BCUT2D eigenvalue weighted by molar-refractivity contribution is 5.79. The summed E-state index contributed by atoms with van der Waals surface area (Å²) in [5, 5.41) is 3.35. The molecule has 1 aromatic carbocycles. The Morgan fingerprint density at radius 3 is 2.71 bits per heavy atom. The van der Waals surface area contributed by atoms with E-state index < -0.39 is 0 Å². The molecular formula is C19H30FN3O. The normalized spacial score (nSPS) is 15.5. The average Bonchev–Trinajstić information content (AvgIpc) is 3.36. The lowest BCUT2D eigenvalue weighted by molar-refractivity contribution is 0.115. The number of hydrogen-bond acceptors (Lipinski definition) is 2. The van der Waals surface area contributed by atoms with Crippen molar-refractivity contribution in [3.63, 3.8) is 0 Å². The lowest BCUT2D eigenvalue weighted by Gasteiger charge is -2.29. The van der Waals surface area contributed by atoms with Crippen LogP contribution in [0.3, 0.4) is 0 Å². The van der Waals surface area contributed by atoms with Gasteiger partial charge in [0.15, 0.2) is 5.96 Å². The highest BCUT2D eigenvalue weighted by Gasteiger charge is 2.25. The summed E-state index contributed by atoms with van der Waals surface area (Å²) in [6.07, 6.45) is 2.62. The zero-order valence-electron chi connectivity index (χ0n) is 15.3. The Balaban J connectivity index is 1.81. The average molecular weight is 335 g/mol. The second kappa shape index (κ2) is 8.47. The fraction of sp³-hybridized carbons (Fsp3) is 0.632. The summed E-state index contributed by atoms with van der Waals surface area (Å²) in [5.74, 6) is 1.42. The second-order valence-electron chi connectivity index (χ2n) is 7.20. The molecule has 1 fully saturated rings. The molecule has 1 aromatic rings. The molecule has 0 amide bonds. The number of guanidine groups is 1. The van der Waals surface area contributed by atoms with Crippen LogP contribution < -0.4 is 5.32 Å². The molecule has 0 unspecified atom stereocenters. The SMILES string of the molecule is CN=C(NCC(C)(C)c1ccccc1F)N(C)CCOCC1CC1. The Hall–Kier alpha value is -1.62. The maximum atomic E-state index is 14.0. The van der Waals surface area contributed by atoms with Gasteiger partial charge in [0.05, 0.1) is 6.61 Å². The number of aliphatic imine (C=N–C) groups is 1. The van der Waals surface area contributed by atoms with Gasteiger partial charge >= 0.3 is 0 Å². The maximum Gasteiger partial charge on any atom is 0.193 e. The standard InChI is InChI=1S/C19H30FN3O/c1-19(2,16-7-5-6-8-17(16)20)14-22-18(21-3)23(4)11-12-24-13-15-9-10-15/h5-8,15H,9-14H2,1-4H3,(H,21,22). The minimum atomic E-state index is -0.329. The molecule has 1 aliphatic rings. The molecule has 0 heterocycles. The Morgan fingerprint density at radius 1 is 1.38 bits per heavy atom. The third kappa shape index (κ3) is 5.48. The van der Waals surface area contributed by atoms with E-state index >= 15 is 0 Å². The Morgan fingerprint density at radius 2 is 2.08 bits per heavy atom. The van der Waals surface area contributed by atoms with Crippen LogP contribution in [0.1, 0.15) is 32.3 Å². The molecule has 24 heavy (non-hydrogen) atoms. The molecule has 0 aliphatic heterocycles. The zero-order chi connectivity index (χ0) is 17.6. The summed E-state index contributed by atoms with van der Waals surface area (Å²) >= 11 is 0. The molecule has 0 aromatic heterocycles. The van der Waals surface area contributed by atoms with Crippen molar-refractivity contribution in [2.75, 3.05) is 40.4 Å². The first-order valence-electron chi connectivity index (χ1n) is 8.68. The van der Waals surface area contributed by atoms with Crippen LogP contribution >= 0.6 is 0 Å². The van der Waals surface area contributed by atoms with E-state index in [1.54, 1.807) is 13.1 Å². The van der Waals surface area contributed by atoms with Gasteiger partial charge in [-0.1, -0.05) is 32.0 Å². The number of benzene rings is 1. The van der Waals surface area contributed by atoms with Crippen LogP contribution in [-0.2, 0) is 10.2 Å². The summed E-state index contributed by atoms with van der Waals surface area (Å²) in [6, 6.07) is 6.94. The highest BCUT2D eigenvalue weighted by atomic mass is 19.1. The molecule has 0 spiro atoms. The summed E-state index contributed by atoms with van der Waals surface area (Å²) in [7, 11) is 3.76. The summed E-state index contributed by atoms with van der Waals surface area (Å²) in [6.45, 7) is 7.03. The number of rotatable bonds is 8. The molecule has 5 heteroatoms. The van der Waals surface area contributed by atoms with E-state index in [1.165, 1.54) is 18.9 Å². The molecule has 0 atom stereocenters. The lowest BCUT2D eigenvalue weighted by atomic mass is 9.84. The first-order valence-corrected chi connectivity index (χ1v) is 8.68. The third-order valence-electron chi connectivity index (χ3n) is 4.49. The van der Waals surface area contributed by atoms with E-state index in [0.29, 0.717) is 18.7 Å². The van der Waals surface area contributed by atoms with Gasteiger partial charge in [-0.3, -0.25) is 4.99 Å². The van der Waals surface area contributed by atoms with E-state index in [9.17, 15) is 4.39 Å². The number of ether oxygens (including phenoxy) is 1. The van der Waals surface area contributed by atoms with Crippen molar-refractivity contribution in [2.45, 2.75) is 32.1 Å². The quantitative estimate of drug-likeness (QED) is 0.451. The number of likely N-dealkylation sites (N-methyl/N-ethyl adjacent to an activating group) is 1. The highest BCUT2D eigenvalue weighted by Crippen LogP contribution is 2.28. The van der Waals surface area contributed by atoms with Gasteiger partial charge in [-0.2, -0.15) is 0 Å². The minimum absolute atomic E-state index is 0.166. The summed E-state index contributed by atoms with van der Waals surface area (Å²) < 4.78 is 19.7. The fourth-order valence-electron chi connectivity index (χ4n) is 2.63. The van der Waals surface area contributed by atoms with Crippen molar-refractivity contribution in [3.05, 3.63) is 35.6 Å². The van der Waals surface area contributed by atoms with Crippen LogP contribution in [-0.4, -0.2) is 51.3 Å². The molecule has 1 N–H and O–H groups in total. The fourth-order valence-corrected chi connectivity index (χ4v) is 2.63. The number of nitrogens with one attached hydrogen (secondary N) is 1. The van der Waals surface area contributed by atoms with E-state index in [1.807, 2.05) is 37.9 Å². The van der Waals surface area contributed by atoms with Gasteiger partial charge in [0.2, 0.25) is 0 Å². The molecule has 1 saturated carbocycles. The maximum absolute atomic E-state index is 14.0. The molecule has 0 saturated heterocycles. The lowest BCUT2D eigenvalue weighted by Crippen LogP contribution is -2.45. The van der Waals surface area contributed by atoms with Crippen molar-refractivity contribution >= 4 is 5.96 Å². The smallest absolute Gasteiger partial charge is 0.193 e. The topological polar surface area (TPSA) is 36.9 Å². The monoisotopic (exact) mass is 335 g/mol. The number of hydrogen-bond donors (Lipinski definition) is 1. The van der Waals surface area contributed by atoms with Gasteiger partial charge in [-0.25, -0.2) is 4.39 Å². The largest absolute Gasteiger partial charge is 0.379 e. The predicted octanol–water partition coefficient (Wildman–Crippen LogP) is 3.04. The summed E-state index contributed by atoms with van der Waals surface area (Å²) in [4.78, 5) is 6.36. The Bertz CT molecular complexity index is 555. The third-order valence-corrected chi connectivity index (χ3v) is 4.49. The van der Waals surface area contributed by atoms with Crippen LogP contribution in [0.4, 0.5) is 4.39 Å². The van der Waals surface area contributed by atoms with Crippen LogP contribution in [0.15, 0.2) is 29.3 Å². The predicted molar refractivity (Wildman–Crippen MR) is 97.0 cm³/mol. The first-order chi connectivity index (χ1) is 11.4. The van der Waals surface area contributed by atoms with Gasteiger partial charge in [-0.05, 0) is 30.4 Å². The van der Waals surface area contributed by atoms with Gasteiger partial charge in [0.25, 0.3) is 0 Å². The van der Waals surface area contributed by atoms with Crippen LogP contribution in [0, 0.1) is 11.7 Å². The Kier molecular flexibility index (Phi) is 6.60. The molecule has 1 aliphatic carbocycles. The molecule has 0 bridgehead atoms. The zero-order valence-corrected chi connectivity index (χ0v) is 15.3. The van der Waals surface area contributed by atoms with Gasteiger partial charge < -0.3 is 15.0 Å². The van der Waals surface area contributed by atoms with E-state index in [2.05, 4.69) is 10.3 Å². The number of nitrogens with zero attached hydrogens (tertiary/aromatic N) is 2.